The van der Waals surface area contributed by atoms with Gasteiger partial charge >= 0.3 is 0 Å². The fourth-order valence-corrected chi connectivity index (χ4v) is 1.54. The van der Waals surface area contributed by atoms with Crippen molar-refractivity contribution in [2.75, 3.05) is 5.73 Å². The molecule has 0 radical (unpaired) electrons. The van der Waals surface area contributed by atoms with Crippen molar-refractivity contribution in [2.45, 2.75) is 6.92 Å². The lowest BCUT2D eigenvalue weighted by Gasteiger charge is -1.89. The molecule has 6 heteroatoms. The Hall–Kier alpha value is -1.40. The summed E-state index contributed by atoms with van der Waals surface area (Å²) >= 11 is 5.92. The van der Waals surface area contributed by atoms with Gasteiger partial charge in [0.25, 0.3) is 0 Å². The highest BCUT2D eigenvalue weighted by atomic mass is 32.1. The molecule has 1 aromatic carbocycles. The molecular formula is C9H11N3OS2. The van der Waals surface area contributed by atoms with Crippen LogP contribution in [0.4, 0.5) is 5.13 Å². The summed E-state index contributed by atoms with van der Waals surface area (Å²) in [5, 5.41) is 15.4. The summed E-state index contributed by atoms with van der Waals surface area (Å²) in [4.78, 5) is 0. The van der Waals surface area contributed by atoms with Crippen LogP contribution in [0, 0.1) is 10.9 Å². The summed E-state index contributed by atoms with van der Waals surface area (Å²) in [5.41, 5.74) is 6.28. The maximum absolute atomic E-state index is 8.81. The third-order valence-corrected chi connectivity index (χ3v) is 2.37. The van der Waals surface area contributed by atoms with E-state index in [1.165, 1.54) is 11.3 Å². The van der Waals surface area contributed by atoms with Crippen molar-refractivity contribution in [3.05, 3.63) is 33.8 Å². The Bertz CT molecular complexity index is 461. The maximum Gasteiger partial charge on any atom is 0.201 e. The molecule has 4 N–H and O–H groups in total. The van der Waals surface area contributed by atoms with E-state index in [1.54, 1.807) is 12.1 Å². The molecule has 1 aromatic heterocycles. The Morgan fingerprint density at radius 2 is 2.27 bits per heavy atom. The number of anilines is 1. The number of rotatable bonds is 0. The molecule has 2 aromatic rings. The van der Waals surface area contributed by atoms with Gasteiger partial charge in [-0.05, 0) is 36.8 Å². The van der Waals surface area contributed by atoms with Crippen LogP contribution in [0.3, 0.4) is 0 Å². The molecule has 0 aliphatic carbocycles. The van der Waals surface area contributed by atoms with E-state index in [-0.39, 0.29) is 0 Å². The van der Waals surface area contributed by atoms with Gasteiger partial charge in [0.05, 0.1) is 0 Å². The Labute approximate surface area is 96.4 Å². The number of aryl methyl sites for hydroxylation is 1. The standard InChI is InChI=1S/C7H8O.C2H3N3S2/c1-6-3-2-4-7(8)5-6;3-1-4-5-2(6)7-1/h2-5,8H,1H3;(H2,3,4)(H,5,6). The highest BCUT2D eigenvalue weighted by Gasteiger charge is 1.83. The molecular weight excluding hydrogens is 230 g/mol. The average molecular weight is 241 g/mol. The smallest absolute Gasteiger partial charge is 0.201 e. The summed E-state index contributed by atoms with van der Waals surface area (Å²) in [6.07, 6.45) is 0. The summed E-state index contributed by atoms with van der Waals surface area (Å²) in [6.45, 7) is 1.94. The quantitative estimate of drug-likeness (QED) is 0.619. The van der Waals surface area contributed by atoms with Gasteiger partial charge in [0.15, 0.2) is 3.95 Å². The second-order valence-corrected chi connectivity index (χ2v) is 4.49. The number of phenols is 1. The van der Waals surface area contributed by atoms with Gasteiger partial charge in [-0.2, -0.15) is 0 Å². The molecule has 1 heterocycles. The van der Waals surface area contributed by atoms with E-state index >= 15 is 0 Å². The molecule has 4 nitrogen and oxygen atoms in total. The fraction of sp³-hybridized carbons (Fsp3) is 0.111. The van der Waals surface area contributed by atoms with Crippen molar-refractivity contribution in [3.63, 3.8) is 0 Å². The van der Waals surface area contributed by atoms with Crippen LogP contribution in [0.15, 0.2) is 24.3 Å². The number of aromatic amines is 1. The monoisotopic (exact) mass is 241 g/mol. The molecule has 0 bridgehead atoms. The predicted octanol–water partition coefficient (Wildman–Crippen LogP) is 2.48. The van der Waals surface area contributed by atoms with Gasteiger partial charge in [-0.15, -0.1) is 5.10 Å². The molecule has 0 fully saturated rings. The average Bonchev–Trinajstić information content (AvgIpc) is 2.50. The molecule has 0 saturated carbocycles. The Kier molecular flexibility index (Phi) is 4.26. The van der Waals surface area contributed by atoms with Crippen molar-refractivity contribution < 1.29 is 5.11 Å². The molecule has 0 spiro atoms. The third-order valence-electron chi connectivity index (χ3n) is 1.46. The minimum Gasteiger partial charge on any atom is -0.508 e. The predicted molar refractivity (Wildman–Crippen MR) is 64.6 cm³/mol. The van der Waals surface area contributed by atoms with Crippen molar-refractivity contribution in [1.29, 1.82) is 0 Å². The highest BCUT2D eigenvalue weighted by Crippen LogP contribution is 2.08. The van der Waals surface area contributed by atoms with Crippen molar-refractivity contribution in [2.24, 2.45) is 0 Å². The number of benzene rings is 1. The van der Waals surface area contributed by atoms with E-state index in [1.807, 2.05) is 19.1 Å². The molecule has 0 aliphatic heterocycles. The molecule has 0 amide bonds. The van der Waals surface area contributed by atoms with Crippen molar-refractivity contribution in [3.8, 4) is 5.75 Å². The second kappa shape index (κ2) is 5.47. The van der Waals surface area contributed by atoms with E-state index in [9.17, 15) is 0 Å². The number of phenolic OH excluding ortho intramolecular Hbond substituents is 1. The number of aromatic nitrogens is 2. The van der Waals surface area contributed by atoms with Gasteiger partial charge in [0.2, 0.25) is 5.13 Å². The highest BCUT2D eigenvalue weighted by molar-refractivity contribution is 7.73. The molecule has 0 saturated heterocycles. The van der Waals surface area contributed by atoms with Crippen molar-refractivity contribution >= 4 is 28.7 Å². The summed E-state index contributed by atoms with van der Waals surface area (Å²) in [6, 6.07) is 7.15. The van der Waals surface area contributed by atoms with Crippen LogP contribution in [-0.2, 0) is 0 Å². The molecule has 0 atom stereocenters. The van der Waals surface area contributed by atoms with Crippen LogP contribution < -0.4 is 5.73 Å². The van der Waals surface area contributed by atoms with Gasteiger partial charge < -0.3 is 10.8 Å². The molecule has 0 aliphatic rings. The lowest BCUT2D eigenvalue weighted by Crippen LogP contribution is -1.79. The number of aromatic hydroxyl groups is 1. The zero-order chi connectivity index (χ0) is 11.3. The SMILES string of the molecule is Cc1cccc(O)c1.Nc1n[nH]c(=S)s1. The largest absolute Gasteiger partial charge is 0.508 e. The zero-order valence-corrected chi connectivity index (χ0v) is 9.73. The van der Waals surface area contributed by atoms with E-state index in [0.29, 0.717) is 14.8 Å². The minimum absolute atomic E-state index is 0.338. The Morgan fingerprint density at radius 1 is 1.53 bits per heavy atom. The van der Waals surface area contributed by atoms with E-state index in [0.717, 1.165) is 5.56 Å². The summed E-state index contributed by atoms with van der Waals surface area (Å²) in [7, 11) is 0. The van der Waals surface area contributed by atoms with Crippen LogP contribution in [0.5, 0.6) is 5.75 Å². The fourth-order valence-electron chi connectivity index (χ4n) is 0.869. The zero-order valence-electron chi connectivity index (χ0n) is 8.10. The normalized spacial score (nSPS) is 9.13. The van der Waals surface area contributed by atoms with Crippen LogP contribution >= 0.6 is 23.6 Å². The summed E-state index contributed by atoms with van der Waals surface area (Å²) in [5.74, 6) is 0.338. The number of nitrogens with two attached hydrogens (primary N) is 1. The van der Waals surface area contributed by atoms with Crippen LogP contribution in [0.25, 0.3) is 0 Å². The van der Waals surface area contributed by atoms with E-state index in [4.69, 9.17) is 10.8 Å². The minimum atomic E-state index is 0.338. The van der Waals surface area contributed by atoms with Gasteiger partial charge in [0.1, 0.15) is 5.75 Å². The Morgan fingerprint density at radius 3 is 2.53 bits per heavy atom. The number of hydrogen-bond donors (Lipinski definition) is 3. The number of H-pyrrole nitrogens is 1. The third kappa shape index (κ3) is 4.57. The first-order chi connectivity index (χ1) is 7.08. The first kappa shape index (κ1) is 11.7. The molecule has 80 valence electrons. The molecule has 2 rings (SSSR count). The topological polar surface area (TPSA) is 74.9 Å². The van der Waals surface area contributed by atoms with Crippen LogP contribution in [0.1, 0.15) is 5.56 Å². The Balaban J connectivity index is 0.000000151. The van der Waals surface area contributed by atoms with E-state index in [2.05, 4.69) is 22.4 Å². The second-order valence-electron chi connectivity index (χ2n) is 2.79. The number of nitrogens with one attached hydrogen (secondary N) is 1. The van der Waals surface area contributed by atoms with Gasteiger partial charge in [-0.3, -0.25) is 5.10 Å². The lowest BCUT2D eigenvalue weighted by atomic mass is 10.2. The molecule has 15 heavy (non-hydrogen) atoms. The number of hydrogen-bond acceptors (Lipinski definition) is 5. The maximum atomic E-state index is 8.81. The molecule has 0 unspecified atom stereocenters. The number of nitrogens with zero attached hydrogens (tertiary/aromatic N) is 1. The van der Waals surface area contributed by atoms with Gasteiger partial charge in [0, 0.05) is 0 Å². The van der Waals surface area contributed by atoms with E-state index < -0.39 is 0 Å². The van der Waals surface area contributed by atoms with Gasteiger partial charge in [-0.25, -0.2) is 0 Å². The van der Waals surface area contributed by atoms with Crippen LogP contribution in [0.2, 0.25) is 0 Å². The first-order valence-electron chi connectivity index (χ1n) is 4.14. The van der Waals surface area contributed by atoms with Gasteiger partial charge in [-0.1, -0.05) is 23.5 Å². The van der Waals surface area contributed by atoms with Crippen molar-refractivity contribution in [1.82, 2.24) is 10.2 Å². The lowest BCUT2D eigenvalue weighted by molar-refractivity contribution is 0.475. The number of nitrogen functional groups attached to an aromatic ring is 1. The van der Waals surface area contributed by atoms with Crippen LogP contribution in [-0.4, -0.2) is 15.3 Å². The summed E-state index contributed by atoms with van der Waals surface area (Å²) < 4.78 is 0.623. The first-order valence-corrected chi connectivity index (χ1v) is 5.37.